The fourth-order valence-electron chi connectivity index (χ4n) is 2.71. The zero-order valence-corrected chi connectivity index (χ0v) is 11.0. The van der Waals surface area contributed by atoms with Gasteiger partial charge in [0, 0.05) is 25.7 Å². The predicted molar refractivity (Wildman–Crippen MR) is 68.6 cm³/mol. The highest BCUT2D eigenvalue weighted by Gasteiger charge is 2.24. The summed E-state index contributed by atoms with van der Waals surface area (Å²) in [5.74, 6) is 0. The molecule has 3 heteroatoms. The molecule has 1 aliphatic rings. The number of likely N-dealkylation sites (N-methyl/N-ethyl adjacent to an activating group) is 1. The highest BCUT2D eigenvalue weighted by molar-refractivity contribution is 4.83. The Hall–Kier alpha value is -0.120. The van der Waals surface area contributed by atoms with Gasteiger partial charge < -0.3 is 10.5 Å². The first-order valence-corrected chi connectivity index (χ1v) is 6.78. The minimum Gasteiger partial charge on any atom is -0.383 e. The summed E-state index contributed by atoms with van der Waals surface area (Å²) in [6, 6.07) is 0.928. The van der Waals surface area contributed by atoms with Crippen LogP contribution in [0.25, 0.3) is 0 Å². The molecular weight excluding hydrogens is 200 g/mol. The van der Waals surface area contributed by atoms with Crippen LogP contribution in [0.3, 0.4) is 0 Å². The van der Waals surface area contributed by atoms with Crippen LogP contribution in [0.2, 0.25) is 0 Å². The molecule has 0 heterocycles. The Bertz CT molecular complexity index is 175. The molecule has 1 fully saturated rings. The zero-order chi connectivity index (χ0) is 11.8. The normalized spacial score (nSPS) is 27.8. The van der Waals surface area contributed by atoms with Gasteiger partial charge in [0.15, 0.2) is 0 Å². The van der Waals surface area contributed by atoms with Crippen molar-refractivity contribution in [2.45, 2.75) is 57.5 Å². The average molecular weight is 228 g/mol. The lowest BCUT2D eigenvalue weighted by molar-refractivity contribution is 0.103. The molecule has 3 nitrogen and oxygen atoms in total. The Balaban J connectivity index is 2.48. The van der Waals surface area contributed by atoms with Crippen molar-refractivity contribution in [1.82, 2.24) is 4.90 Å². The van der Waals surface area contributed by atoms with Crippen molar-refractivity contribution >= 4 is 0 Å². The van der Waals surface area contributed by atoms with Crippen LogP contribution in [-0.2, 0) is 4.74 Å². The van der Waals surface area contributed by atoms with E-state index in [-0.39, 0.29) is 0 Å². The number of nitrogens with two attached hydrogens (primary N) is 1. The van der Waals surface area contributed by atoms with Crippen LogP contribution >= 0.6 is 0 Å². The molecule has 2 N–H and O–H groups in total. The molecule has 2 unspecified atom stereocenters. The molecule has 1 saturated carbocycles. The summed E-state index contributed by atoms with van der Waals surface area (Å²) >= 11 is 0. The topological polar surface area (TPSA) is 38.5 Å². The second-order valence-electron chi connectivity index (χ2n) is 4.84. The van der Waals surface area contributed by atoms with Crippen LogP contribution in [0.5, 0.6) is 0 Å². The Morgan fingerprint density at radius 2 is 1.88 bits per heavy atom. The van der Waals surface area contributed by atoms with Crippen LogP contribution in [0.15, 0.2) is 0 Å². The fourth-order valence-corrected chi connectivity index (χ4v) is 2.71. The minimum absolute atomic E-state index is 0.358. The zero-order valence-electron chi connectivity index (χ0n) is 11.0. The molecule has 0 radical (unpaired) electrons. The summed E-state index contributed by atoms with van der Waals surface area (Å²) in [6.45, 7) is 5.14. The first kappa shape index (κ1) is 13.9. The Kier molecular flexibility index (Phi) is 7.01. The summed E-state index contributed by atoms with van der Waals surface area (Å²) in [5, 5.41) is 0. The molecule has 16 heavy (non-hydrogen) atoms. The third kappa shape index (κ3) is 4.40. The van der Waals surface area contributed by atoms with Gasteiger partial charge in [-0.05, 0) is 19.4 Å². The molecule has 0 saturated heterocycles. The highest BCUT2D eigenvalue weighted by atomic mass is 16.5. The molecule has 1 aliphatic carbocycles. The smallest absolute Gasteiger partial charge is 0.0589 e. The van der Waals surface area contributed by atoms with E-state index in [1.54, 1.807) is 7.11 Å². The third-order valence-corrected chi connectivity index (χ3v) is 3.74. The maximum Gasteiger partial charge on any atom is 0.0589 e. The Morgan fingerprint density at radius 3 is 2.50 bits per heavy atom. The van der Waals surface area contributed by atoms with Gasteiger partial charge in [0.2, 0.25) is 0 Å². The molecule has 0 aromatic rings. The summed E-state index contributed by atoms with van der Waals surface area (Å²) in [5.41, 5.74) is 6.31. The molecule has 0 aliphatic heterocycles. The molecule has 0 aromatic carbocycles. The molecule has 1 rings (SSSR count). The summed E-state index contributed by atoms with van der Waals surface area (Å²) in [7, 11) is 1.77. The van der Waals surface area contributed by atoms with Gasteiger partial charge in [0.1, 0.15) is 0 Å². The maximum absolute atomic E-state index is 6.31. The Morgan fingerprint density at radius 1 is 1.19 bits per heavy atom. The van der Waals surface area contributed by atoms with Crippen molar-refractivity contribution in [3.63, 3.8) is 0 Å². The molecular formula is C13H28N2O. The maximum atomic E-state index is 6.31. The van der Waals surface area contributed by atoms with E-state index in [9.17, 15) is 0 Å². The number of rotatable bonds is 5. The van der Waals surface area contributed by atoms with Crippen molar-refractivity contribution in [2.75, 3.05) is 26.8 Å². The highest BCUT2D eigenvalue weighted by Crippen LogP contribution is 2.20. The van der Waals surface area contributed by atoms with Crippen LogP contribution < -0.4 is 5.73 Å². The van der Waals surface area contributed by atoms with E-state index in [1.165, 1.54) is 38.5 Å². The van der Waals surface area contributed by atoms with Crippen LogP contribution in [-0.4, -0.2) is 43.8 Å². The average Bonchev–Trinajstić information content (AvgIpc) is 2.28. The molecule has 0 aromatic heterocycles. The second kappa shape index (κ2) is 8.04. The molecule has 0 bridgehead atoms. The minimum atomic E-state index is 0.358. The van der Waals surface area contributed by atoms with E-state index in [0.717, 1.165) is 19.7 Å². The van der Waals surface area contributed by atoms with Crippen molar-refractivity contribution in [3.05, 3.63) is 0 Å². The summed E-state index contributed by atoms with van der Waals surface area (Å²) in [4.78, 5) is 2.50. The number of hydrogen-bond acceptors (Lipinski definition) is 3. The van der Waals surface area contributed by atoms with Gasteiger partial charge in [-0.2, -0.15) is 0 Å². The van der Waals surface area contributed by atoms with Crippen molar-refractivity contribution in [3.8, 4) is 0 Å². The first-order chi connectivity index (χ1) is 7.79. The van der Waals surface area contributed by atoms with Gasteiger partial charge in [-0.25, -0.2) is 0 Å². The lowest BCUT2D eigenvalue weighted by atomic mass is 9.92. The second-order valence-corrected chi connectivity index (χ2v) is 4.84. The van der Waals surface area contributed by atoms with E-state index < -0.39 is 0 Å². The standard InChI is InChI=1S/C13H28N2O/c1-3-15(10-11-16-2)13-9-7-5-4-6-8-12(13)14/h12-13H,3-11,14H2,1-2H3. The van der Waals surface area contributed by atoms with Gasteiger partial charge in [0.25, 0.3) is 0 Å². The Labute approximate surface area is 100 Å². The monoisotopic (exact) mass is 228 g/mol. The van der Waals surface area contributed by atoms with Crippen molar-refractivity contribution in [1.29, 1.82) is 0 Å². The summed E-state index contributed by atoms with van der Waals surface area (Å²) < 4.78 is 5.17. The van der Waals surface area contributed by atoms with Crippen LogP contribution in [0, 0.1) is 0 Å². The quantitative estimate of drug-likeness (QED) is 0.782. The number of hydrogen-bond donors (Lipinski definition) is 1. The summed E-state index contributed by atoms with van der Waals surface area (Å²) in [6.07, 6.45) is 7.84. The predicted octanol–water partition coefficient (Wildman–Crippen LogP) is 2.00. The molecule has 0 amide bonds. The number of nitrogens with zero attached hydrogens (tertiary/aromatic N) is 1. The fraction of sp³-hybridized carbons (Fsp3) is 1.00. The van der Waals surface area contributed by atoms with E-state index in [4.69, 9.17) is 10.5 Å². The third-order valence-electron chi connectivity index (χ3n) is 3.74. The van der Waals surface area contributed by atoms with E-state index in [0.29, 0.717) is 12.1 Å². The van der Waals surface area contributed by atoms with Crippen molar-refractivity contribution < 1.29 is 4.74 Å². The molecule has 96 valence electrons. The molecule has 2 atom stereocenters. The number of methoxy groups -OCH3 is 1. The van der Waals surface area contributed by atoms with Crippen LogP contribution in [0.1, 0.15) is 45.4 Å². The van der Waals surface area contributed by atoms with E-state index in [1.807, 2.05) is 0 Å². The first-order valence-electron chi connectivity index (χ1n) is 6.78. The van der Waals surface area contributed by atoms with Gasteiger partial charge in [-0.15, -0.1) is 0 Å². The van der Waals surface area contributed by atoms with Gasteiger partial charge in [-0.1, -0.05) is 32.6 Å². The van der Waals surface area contributed by atoms with Gasteiger partial charge in [-0.3, -0.25) is 4.90 Å². The van der Waals surface area contributed by atoms with E-state index >= 15 is 0 Å². The molecule has 0 spiro atoms. The van der Waals surface area contributed by atoms with E-state index in [2.05, 4.69) is 11.8 Å². The lowest BCUT2D eigenvalue weighted by Gasteiger charge is -2.36. The SMILES string of the molecule is CCN(CCOC)C1CCCCCCC1N. The van der Waals surface area contributed by atoms with Crippen molar-refractivity contribution in [2.24, 2.45) is 5.73 Å². The largest absolute Gasteiger partial charge is 0.383 e. The number of ether oxygens (including phenoxy) is 1. The van der Waals surface area contributed by atoms with Gasteiger partial charge >= 0.3 is 0 Å². The van der Waals surface area contributed by atoms with Crippen LogP contribution in [0.4, 0.5) is 0 Å². The van der Waals surface area contributed by atoms with Gasteiger partial charge in [0.05, 0.1) is 6.61 Å². The lowest BCUT2D eigenvalue weighted by Crippen LogP contribution is -2.49.